The van der Waals surface area contributed by atoms with Gasteiger partial charge in [-0.3, -0.25) is 14.4 Å². The molecule has 0 spiro atoms. The molecule has 174 valence electrons. The lowest BCUT2D eigenvalue weighted by Crippen LogP contribution is -2.44. The molecule has 1 aromatic heterocycles. The topological polar surface area (TPSA) is 81.5 Å². The van der Waals surface area contributed by atoms with E-state index in [9.17, 15) is 14.4 Å². The molecule has 5 rings (SSSR count). The van der Waals surface area contributed by atoms with Crippen molar-refractivity contribution in [3.05, 3.63) is 82.4 Å². The van der Waals surface area contributed by atoms with Crippen LogP contribution in [-0.2, 0) is 29.3 Å². The zero-order valence-corrected chi connectivity index (χ0v) is 19.4. The van der Waals surface area contributed by atoms with Crippen LogP contribution in [0.4, 0.5) is 0 Å². The lowest BCUT2D eigenvalue weighted by Gasteiger charge is -2.29. The molecule has 1 aliphatic heterocycles. The number of Topliss-reactive ketones (excluding diaryl/α,β-unsaturated/α-hetero) is 2. The molecule has 7 heteroatoms. The highest BCUT2D eigenvalue weighted by atomic mass is 16.5. The fraction of sp³-hybridized carbons (Fsp3) is 0.333. The van der Waals surface area contributed by atoms with Crippen LogP contribution >= 0.6 is 0 Å². The maximum atomic E-state index is 13.0. The highest BCUT2D eigenvalue weighted by molar-refractivity contribution is 6.07. The van der Waals surface area contributed by atoms with E-state index >= 15 is 0 Å². The van der Waals surface area contributed by atoms with Crippen LogP contribution in [-0.4, -0.2) is 38.0 Å². The number of fused-ring (bicyclic) bond motifs is 1. The van der Waals surface area contributed by atoms with Crippen LogP contribution in [0.2, 0.25) is 0 Å². The number of imidazole rings is 1. The number of carbonyl (C=O) groups excluding carboxylic acids is 3. The van der Waals surface area contributed by atoms with Gasteiger partial charge in [0.25, 0.3) is 5.91 Å². The predicted octanol–water partition coefficient (Wildman–Crippen LogP) is 3.77. The molecule has 0 radical (unpaired) electrons. The van der Waals surface area contributed by atoms with E-state index in [1.54, 1.807) is 17.0 Å². The number of rotatable bonds is 6. The predicted molar refractivity (Wildman–Crippen MR) is 126 cm³/mol. The van der Waals surface area contributed by atoms with Crippen LogP contribution in [0, 0.1) is 13.8 Å². The zero-order valence-electron chi connectivity index (χ0n) is 19.4. The van der Waals surface area contributed by atoms with Gasteiger partial charge in [0, 0.05) is 29.8 Å². The molecule has 0 N–H and O–H groups in total. The van der Waals surface area contributed by atoms with Gasteiger partial charge in [-0.1, -0.05) is 30.3 Å². The number of hydrogen-bond acceptors (Lipinski definition) is 5. The minimum atomic E-state index is -0.527. The van der Waals surface area contributed by atoms with Crippen LogP contribution in [0.15, 0.2) is 48.8 Å². The van der Waals surface area contributed by atoms with E-state index < -0.39 is 6.04 Å². The van der Waals surface area contributed by atoms with Crippen molar-refractivity contribution in [1.82, 2.24) is 14.5 Å². The molecule has 1 saturated carbocycles. The van der Waals surface area contributed by atoms with Gasteiger partial charge in [0.1, 0.15) is 18.1 Å². The van der Waals surface area contributed by atoms with E-state index in [1.165, 1.54) is 5.56 Å². The maximum absolute atomic E-state index is 13.0. The zero-order chi connectivity index (χ0) is 23.8. The number of ether oxygens (including phenoxy) is 1. The molecule has 1 amide bonds. The number of aromatic nitrogens is 2. The highest BCUT2D eigenvalue weighted by Gasteiger charge is 2.39. The van der Waals surface area contributed by atoms with Gasteiger partial charge < -0.3 is 14.2 Å². The number of nitrogens with zero attached hydrogens (tertiary/aromatic N) is 3. The van der Waals surface area contributed by atoms with Gasteiger partial charge in [0.05, 0.1) is 31.0 Å². The second kappa shape index (κ2) is 8.89. The monoisotopic (exact) mass is 457 g/mol. The Morgan fingerprint density at radius 2 is 1.79 bits per heavy atom. The number of hydrogen-bond donors (Lipinski definition) is 0. The molecule has 1 aliphatic carbocycles. The summed E-state index contributed by atoms with van der Waals surface area (Å²) in [5.74, 6) is 0.278. The largest absolute Gasteiger partial charge is 0.489 e. The summed E-state index contributed by atoms with van der Waals surface area (Å²) in [6, 6.07) is 13.2. The van der Waals surface area contributed by atoms with Crippen molar-refractivity contribution in [3.63, 3.8) is 0 Å². The van der Waals surface area contributed by atoms with Crippen LogP contribution in [0.25, 0.3) is 0 Å². The molecule has 7 nitrogen and oxygen atoms in total. The quantitative estimate of drug-likeness (QED) is 0.527. The molecule has 1 atom stereocenters. The van der Waals surface area contributed by atoms with Gasteiger partial charge in [-0.25, -0.2) is 4.98 Å². The van der Waals surface area contributed by atoms with E-state index in [-0.39, 0.29) is 23.9 Å². The Morgan fingerprint density at radius 1 is 1.03 bits per heavy atom. The number of benzene rings is 2. The second-order valence-electron chi connectivity index (χ2n) is 9.10. The highest BCUT2D eigenvalue weighted by Crippen LogP contribution is 2.34. The Bertz CT molecular complexity index is 1280. The van der Waals surface area contributed by atoms with E-state index in [0.717, 1.165) is 29.1 Å². The van der Waals surface area contributed by atoms with E-state index in [0.29, 0.717) is 37.3 Å². The molecular weight excluding hydrogens is 430 g/mol. The van der Waals surface area contributed by atoms with Gasteiger partial charge in [0.15, 0.2) is 5.78 Å². The van der Waals surface area contributed by atoms with Crippen molar-refractivity contribution < 1.29 is 19.1 Å². The first-order valence-electron chi connectivity index (χ1n) is 11.6. The SMILES string of the molecule is Cc1ncn(Cc2ccc(COc3cccc4c3CN(C3CCC(=O)CC3=O)C4=O)cc2)c1C. The minimum absolute atomic E-state index is 0.0456. The Hall–Kier alpha value is -3.74. The van der Waals surface area contributed by atoms with Gasteiger partial charge in [-0.05, 0) is 43.5 Å². The third-order valence-electron chi connectivity index (χ3n) is 6.88. The number of carbonyl (C=O) groups is 3. The normalized spacial score (nSPS) is 17.9. The van der Waals surface area contributed by atoms with Crippen molar-refractivity contribution in [2.75, 3.05) is 0 Å². The van der Waals surface area contributed by atoms with Gasteiger partial charge in [-0.2, -0.15) is 0 Å². The first-order chi connectivity index (χ1) is 16.4. The summed E-state index contributed by atoms with van der Waals surface area (Å²) in [6.45, 7) is 5.55. The third kappa shape index (κ3) is 4.14. The van der Waals surface area contributed by atoms with Crippen LogP contribution in [0.1, 0.15) is 57.7 Å². The minimum Gasteiger partial charge on any atom is -0.489 e. The second-order valence-corrected chi connectivity index (χ2v) is 9.10. The third-order valence-corrected chi connectivity index (χ3v) is 6.88. The van der Waals surface area contributed by atoms with Crippen LogP contribution in [0.3, 0.4) is 0 Å². The average Bonchev–Trinajstić information content (AvgIpc) is 3.33. The summed E-state index contributed by atoms with van der Waals surface area (Å²) in [5.41, 5.74) is 5.79. The molecule has 2 heterocycles. The molecule has 2 aliphatic rings. The van der Waals surface area contributed by atoms with Gasteiger partial charge in [0.2, 0.25) is 0 Å². The molecule has 0 bridgehead atoms. The smallest absolute Gasteiger partial charge is 0.255 e. The van der Waals surface area contributed by atoms with E-state index in [1.807, 2.05) is 31.5 Å². The lowest BCUT2D eigenvalue weighted by atomic mass is 9.92. The van der Waals surface area contributed by atoms with Crippen molar-refractivity contribution >= 4 is 17.5 Å². The fourth-order valence-corrected chi connectivity index (χ4v) is 4.70. The number of aryl methyl sites for hydroxylation is 1. The van der Waals surface area contributed by atoms with Crippen LogP contribution < -0.4 is 4.74 Å². The van der Waals surface area contributed by atoms with E-state index in [4.69, 9.17) is 4.74 Å². The Morgan fingerprint density at radius 3 is 2.50 bits per heavy atom. The fourth-order valence-electron chi connectivity index (χ4n) is 4.70. The maximum Gasteiger partial charge on any atom is 0.255 e. The Kier molecular flexibility index (Phi) is 5.77. The Balaban J connectivity index is 1.26. The van der Waals surface area contributed by atoms with Crippen molar-refractivity contribution in [2.45, 2.75) is 58.8 Å². The summed E-state index contributed by atoms with van der Waals surface area (Å²) in [7, 11) is 0. The van der Waals surface area contributed by atoms with Crippen LogP contribution in [0.5, 0.6) is 5.75 Å². The summed E-state index contributed by atoms with van der Waals surface area (Å²) >= 11 is 0. The molecule has 3 aromatic rings. The lowest BCUT2D eigenvalue weighted by molar-refractivity contribution is -0.133. The summed E-state index contributed by atoms with van der Waals surface area (Å²) in [4.78, 5) is 42.9. The van der Waals surface area contributed by atoms with Crippen molar-refractivity contribution in [3.8, 4) is 5.75 Å². The van der Waals surface area contributed by atoms with E-state index in [2.05, 4.69) is 28.6 Å². The molecule has 2 aromatic carbocycles. The summed E-state index contributed by atoms with van der Waals surface area (Å²) < 4.78 is 8.24. The van der Waals surface area contributed by atoms with Crippen molar-refractivity contribution in [2.24, 2.45) is 0 Å². The number of ketones is 2. The standard InChI is InChI=1S/C27H27N3O4/c1-17-18(2)29(16-28-17)13-19-6-8-20(9-7-19)15-34-26-5-3-4-22-23(26)14-30(27(22)33)24-11-10-21(31)12-25(24)32/h3-9,16,24H,10-15H2,1-2H3. The summed E-state index contributed by atoms with van der Waals surface area (Å²) in [5, 5.41) is 0. The first kappa shape index (κ1) is 22.1. The van der Waals surface area contributed by atoms with Gasteiger partial charge in [-0.15, -0.1) is 0 Å². The molecule has 0 saturated heterocycles. The molecular formula is C27H27N3O4. The van der Waals surface area contributed by atoms with Crippen molar-refractivity contribution in [1.29, 1.82) is 0 Å². The molecule has 34 heavy (non-hydrogen) atoms. The molecule has 1 unspecified atom stereocenters. The molecule has 1 fully saturated rings. The number of amides is 1. The van der Waals surface area contributed by atoms with Gasteiger partial charge >= 0.3 is 0 Å². The first-order valence-corrected chi connectivity index (χ1v) is 11.6. The Labute approximate surface area is 198 Å². The average molecular weight is 458 g/mol. The summed E-state index contributed by atoms with van der Waals surface area (Å²) in [6.07, 6.45) is 2.53.